The predicted molar refractivity (Wildman–Crippen MR) is 91.4 cm³/mol. The first kappa shape index (κ1) is 17.9. The highest BCUT2D eigenvalue weighted by atomic mass is 16.6. The summed E-state index contributed by atoms with van der Waals surface area (Å²) in [6.07, 6.45) is 0. The van der Waals surface area contributed by atoms with Gasteiger partial charge in [0.2, 0.25) is 5.91 Å². The Labute approximate surface area is 143 Å². The molecule has 0 radical (unpaired) electrons. The number of hydrogen-bond acceptors (Lipinski definition) is 5. The Morgan fingerprint density at radius 2 is 1.96 bits per heavy atom. The van der Waals surface area contributed by atoms with Crippen LogP contribution in [0.1, 0.15) is 22.4 Å². The summed E-state index contributed by atoms with van der Waals surface area (Å²) in [6, 6.07) is 7.64. The molecule has 0 spiro atoms. The molecule has 8 heteroatoms. The van der Waals surface area contributed by atoms with Gasteiger partial charge in [0, 0.05) is 17.8 Å². The van der Waals surface area contributed by atoms with Crippen LogP contribution in [0.25, 0.3) is 0 Å². The molecule has 25 heavy (non-hydrogen) atoms. The van der Waals surface area contributed by atoms with Crippen LogP contribution in [-0.2, 0) is 11.3 Å². The minimum absolute atomic E-state index is 0.00932. The van der Waals surface area contributed by atoms with Gasteiger partial charge in [0.15, 0.2) is 0 Å². The maximum atomic E-state index is 12.3. The van der Waals surface area contributed by atoms with Gasteiger partial charge in [0.1, 0.15) is 18.2 Å². The van der Waals surface area contributed by atoms with Crippen molar-refractivity contribution < 1.29 is 9.72 Å². The quantitative estimate of drug-likeness (QED) is 0.676. The molecule has 0 unspecified atom stereocenters. The van der Waals surface area contributed by atoms with Gasteiger partial charge in [-0.1, -0.05) is 6.07 Å². The summed E-state index contributed by atoms with van der Waals surface area (Å²) in [7, 11) is 0. The number of aromatic nitrogens is 1. The Kier molecular flexibility index (Phi) is 4.98. The summed E-state index contributed by atoms with van der Waals surface area (Å²) >= 11 is 0. The number of nitrogens with one attached hydrogen (secondary N) is 1. The number of carbonyl (C=O) groups excluding carboxylic acids is 1. The molecule has 0 aliphatic rings. The van der Waals surface area contributed by atoms with E-state index in [4.69, 9.17) is 5.26 Å². The van der Waals surface area contributed by atoms with Crippen molar-refractivity contribution in [3.8, 4) is 6.07 Å². The lowest BCUT2D eigenvalue weighted by atomic mass is 10.1. The topological polar surface area (TPSA) is 118 Å². The standard InChI is InChI=1S/C17H16N4O4/c1-10-4-5-13(21(24)25)7-15(10)19-16(22)9-20-12(3)6-11(2)14(8-18)17(20)23/h4-7H,9H2,1-3H3,(H,19,22). The number of nitro benzene ring substituents is 1. The summed E-state index contributed by atoms with van der Waals surface area (Å²) in [5.74, 6) is -0.512. The van der Waals surface area contributed by atoms with Crippen molar-refractivity contribution in [3.63, 3.8) is 0 Å². The molecule has 0 bridgehead atoms. The number of rotatable bonds is 4. The van der Waals surface area contributed by atoms with Gasteiger partial charge in [-0.3, -0.25) is 19.7 Å². The second-order valence-corrected chi connectivity index (χ2v) is 5.65. The Morgan fingerprint density at radius 1 is 1.28 bits per heavy atom. The average Bonchev–Trinajstić information content (AvgIpc) is 2.53. The SMILES string of the molecule is Cc1ccc([N+](=O)[O-])cc1NC(=O)Cn1c(C)cc(C)c(C#N)c1=O. The first-order valence-electron chi connectivity index (χ1n) is 7.40. The average molecular weight is 340 g/mol. The largest absolute Gasteiger partial charge is 0.324 e. The third-order valence-electron chi connectivity index (χ3n) is 3.82. The zero-order valence-electron chi connectivity index (χ0n) is 14.0. The molecule has 0 aliphatic heterocycles. The normalized spacial score (nSPS) is 10.2. The molecule has 0 saturated carbocycles. The van der Waals surface area contributed by atoms with Gasteiger partial charge in [0.05, 0.1) is 10.6 Å². The number of amides is 1. The van der Waals surface area contributed by atoms with Crippen molar-refractivity contribution in [1.29, 1.82) is 5.26 Å². The Balaban J connectivity index is 2.31. The Bertz CT molecular complexity index is 970. The fraction of sp³-hybridized carbons (Fsp3) is 0.235. The van der Waals surface area contributed by atoms with Crippen LogP contribution >= 0.6 is 0 Å². The third-order valence-corrected chi connectivity index (χ3v) is 3.82. The monoisotopic (exact) mass is 340 g/mol. The summed E-state index contributed by atoms with van der Waals surface area (Å²) in [6.45, 7) is 4.74. The number of anilines is 1. The van der Waals surface area contributed by atoms with Gasteiger partial charge in [-0.25, -0.2) is 0 Å². The van der Waals surface area contributed by atoms with Crippen molar-refractivity contribution in [2.45, 2.75) is 27.3 Å². The number of nitriles is 1. The highest BCUT2D eigenvalue weighted by Crippen LogP contribution is 2.21. The van der Waals surface area contributed by atoms with Crippen molar-refractivity contribution in [1.82, 2.24) is 4.57 Å². The van der Waals surface area contributed by atoms with Crippen LogP contribution in [0.3, 0.4) is 0 Å². The second kappa shape index (κ2) is 6.97. The van der Waals surface area contributed by atoms with Crippen molar-refractivity contribution in [3.05, 3.63) is 67.1 Å². The highest BCUT2D eigenvalue weighted by molar-refractivity contribution is 5.91. The van der Waals surface area contributed by atoms with Crippen LogP contribution in [0.4, 0.5) is 11.4 Å². The fourth-order valence-electron chi connectivity index (χ4n) is 2.45. The molecule has 8 nitrogen and oxygen atoms in total. The van der Waals surface area contributed by atoms with E-state index in [0.29, 0.717) is 22.5 Å². The number of non-ortho nitro benzene ring substituents is 1. The molecule has 0 atom stereocenters. The molecule has 128 valence electrons. The summed E-state index contributed by atoms with van der Waals surface area (Å²) < 4.78 is 1.20. The van der Waals surface area contributed by atoms with E-state index in [0.717, 1.165) is 0 Å². The van der Waals surface area contributed by atoms with Crippen LogP contribution in [0.5, 0.6) is 0 Å². The first-order valence-corrected chi connectivity index (χ1v) is 7.40. The van der Waals surface area contributed by atoms with Gasteiger partial charge in [0.25, 0.3) is 11.2 Å². The van der Waals surface area contributed by atoms with Gasteiger partial charge >= 0.3 is 0 Å². The highest BCUT2D eigenvalue weighted by Gasteiger charge is 2.15. The summed E-state index contributed by atoms with van der Waals surface area (Å²) in [4.78, 5) is 34.9. The Hall–Kier alpha value is -3.47. The van der Waals surface area contributed by atoms with Crippen LogP contribution in [0.2, 0.25) is 0 Å². The molecule has 0 saturated heterocycles. The van der Waals surface area contributed by atoms with E-state index in [2.05, 4.69) is 5.32 Å². The first-order chi connectivity index (χ1) is 11.7. The lowest BCUT2D eigenvalue weighted by Gasteiger charge is -2.13. The smallest absolute Gasteiger partial charge is 0.271 e. The number of benzene rings is 1. The van der Waals surface area contributed by atoms with E-state index in [-0.39, 0.29) is 17.8 Å². The molecule has 0 aliphatic carbocycles. The minimum Gasteiger partial charge on any atom is -0.324 e. The zero-order chi connectivity index (χ0) is 18.7. The van der Waals surface area contributed by atoms with Crippen LogP contribution in [-0.4, -0.2) is 15.4 Å². The maximum absolute atomic E-state index is 12.3. The molecule has 2 rings (SSSR count). The number of pyridine rings is 1. The number of hydrogen-bond donors (Lipinski definition) is 1. The van der Waals surface area contributed by atoms with Gasteiger partial charge in [-0.05, 0) is 38.0 Å². The lowest BCUT2D eigenvalue weighted by molar-refractivity contribution is -0.384. The molecule has 1 heterocycles. The Morgan fingerprint density at radius 3 is 2.56 bits per heavy atom. The molecule has 1 aromatic heterocycles. The van der Waals surface area contributed by atoms with Crippen LogP contribution in [0.15, 0.2) is 29.1 Å². The second-order valence-electron chi connectivity index (χ2n) is 5.65. The predicted octanol–water partition coefficient (Wildman–Crippen LogP) is 2.19. The number of carbonyl (C=O) groups is 1. The maximum Gasteiger partial charge on any atom is 0.271 e. The molecule has 2 aromatic rings. The zero-order valence-corrected chi connectivity index (χ0v) is 14.0. The van der Waals surface area contributed by atoms with Crippen molar-refractivity contribution in [2.75, 3.05) is 5.32 Å². The summed E-state index contributed by atoms with van der Waals surface area (Å²) in [5.41, 5.74) is 1.37. The van der Waals surface area contributed by atoms with Gasteiger partial charge < -0.3 is 9.88 Å². The van der Waals surface area contributed by atoms with E-state index in [1.807, 2.05) is 6.07 Å². The molecular weight excluding hydrogens is 324 g/mol. The summed E-state index contributed by atoms with van der Waals surface area (Å²) in [5, 5.41) is 22.5. The van der Waals surface area contributed by atoms with Crippen LogP contribution < -0.4 is 10.9 Å². The van der Waals surface area contributed by atoms with Crippen molar-refractivity contribution in [2.24, 2.45) is 0 Å². The number of nitrogens with zero attached hydrogens (tertiary/aromatic N) is 3. The van der Waals surface area contributed by atoms with E-state index >= 15 is 0 Å². The van der Waals surface area contributed by atoms with E-state index in [1.165, 1.54) is 22.8 Å². The van der Waals surface area contributed by atoms with Gasteiger partial charge in [-0.15, -0.1) is 0 Å². The molecule has 1 amide bonds. The number of aryl methyl sites for hydroxylation is 3. The third kappa shape index (κ3) is 3.72. The lowest BCUT2D eigenvalue weighted by Crippen LogP contribution is -2.31. The van der Waals surface area contributed by atoms with E-state index in [1.54, 1.807) is 26.8 Å². The fourth-order valence-corrected chi connectivity index (χ4v) is 2.45. The van der Waals surface area contributed by atoms with Gasteiger partial charge in [-0.2, -0.15) is 5.26 Å². The van der Waals surface area contributed by atoms with Crippen molar-refractivity contribution >= 4 is 17.3 Å². The van der Waals surface area contributed by atoms with E-state index in [9.17, 15) is 19.7 Å². The molecular formula is C17H16N4O4. The molecule has 0 fully saturated rings. The van der Waals surface area contributed by atoms with Crippen LogP contribution in [0, 0.1) is 42.2 Å². The van der Waals surface area contributed by atoms with E-state index < -0.39 is 16.4 Å². The number of nitro groups is 1. The molecule has 1 N–H and O–H groups in total. The molecule has 1 aromatic carbocycles. The minimum atomic E-state index is -0.553.